The fourth-order valence-electron chi connectivity index (χ4n) is 7.16. The van der Waals surface area contributed by atoms with Gasteiger partial charge in [0, 0.05) is 19.4 Å². The highest BCUT2D eigenvalue weighted by Crippen LogP contribution is 2.14. The molecular formula is C63H102O5. The lowest BCUT2D eigenvalue weighted by Crippen LogP contribution is -2.30. The quantitative estimate of drug-likeness (QED) is 0.0345. The van der Waals surface area contributed by atoms with Gasteiger partial charge in [0.2, 0.25) is 0 Å². The van der Waals surface area contributed by atoms with Crippen LogP contribution in [0.2, 0.25) is 0 Å². The Hall–Kier alpha value is -3.96. The minimum Gasteiger partial charge on any atom is -0.462 e. The molecule has 68 heavy (non-hydrogen) atoms. The molecule has 0 heterocycles. The normalized spacial score (nSPS) is 13.3. The minimum absolute atomic E-state index is 0.0190. The number of hydrogen-bond donors (Lipinski definition) is 0. The number of ether oxygens (including phenoxy) is 3. The van der Waals surface area contributed by atoms with Crippen molar-refractivity contribution in [1.29, 1.82) is 0 Å². The maximum Gasteiger partial charge on any atom is 0.306 e. The van der Waals surface area contributed by atoms with Crippen LogP contribution in [0.4, 0.5) is 0 Å². The molecule has 5 nitrogen and oxygen atoms in total. The number of allylic oxidation sites excluding steroid dienone is 22. The van der Waals surface area contributed by atoms with Crippen molar-refractivity contribution in [2.75, 3.05) is 19.8 Å². The third-order valence-corrected chi connectivity index (χ3v) is 11.2. The van der Waals surface area contributed by atoms with Gasteiger partial charge in [0.1, 0.15) is 6.61 Å². The summed E-state index contributed by atoms with van der Waals surface area (Å²) in [6.07, 6.45) is 82.0. The van der Waals surface area contributed by atoms with E-state index in [1.165, 1.54) is 89.9 Å². The van der Waals surface area contributed by atoms with Crippen LogP contribution in [0.1, 0.15) is 226 Å². The van der Waals surface area contributed by atoms with Crippen LogP contribution in [0.25, 0.3) is 0 Å². The Bertz CT molecular complexity index is 1430. The van der Waals surface area contributed by atoms with Crippen molar-refractivity contribution >= 4 is 11.9 Å². The van der Waals surface area contributed by atoms with Crippen molar-refractivity contribution in [3.63, 3.8) is 0 Å². The highest BCUT2D eigenvalue weighted by molar-refractivity contribution is 5.70. The molecule has 0 bridgehead atoms. The summed E-state index contributed by atoms with van der Waals surface area (Å²) >= 11 is 0. The second-order valence-corrected chi connectivity index (χ2v) is 17.7. The molecule has 0 aromatic heterocycles. The predicted octanol–water partition coefficient (Wildman–Crippen LogP) is 19.1. The van der Waals surface area contributed by atoms with Crippen LogP contribution in [-0.4, -0.2) is 37.9 Å². The second kappa shape index (κ2) is 57.4. The number of rotatable bonds is 49. The Morgan fingerprint density at radius 1 is 0.338 bits per heavy atom. The average molecular weight is 940 g/mol. The molecular weight excluding hydrogens is 837 g/mol. The zero-order valence-corrected chi connectivity index (χ0v) is 44.1. The van der Waals surface area contributed by atoms with Crippen LogP contribution >= 0.6 is 0 Å². The third kappa shape index (κ3) is 54.6. The molecule has 0 aliphatic carbocycles. The number of hydrogen-bond acceptors (Lipinski definition) is 5. The Kier molecular flexibility index (Phi) is 54.0. The summed E-state index contributed by atoms with van der Waals surface area (Å²) in [6, 6.07) is 0. The molecule has 0 aliphatic heterocycles. The van der Waals surface area contributed by atoms with E-state index in [1.54, 1.807) is 0 Å². The van der Waals surface area contributed by atoms with Crippen LogP contribution in [0.15, 0.2) is 134 Å². The van der Waals surface area contributed by atoms with Crippen LogP contribution in [0.3, 0.4) is 0 Å². The van der Waals surface area contributed by atoms with E-state index in [4.69, 9.17) is 14.2 Å². The van der Waals surface area contributed by atoms with Gasteiger partial charge in [-0.1, -0.05) is 251 Å². The molecule has 1 atom stereocenters. The lowest BCUT2D eigenvalue weighted by atomic mass is 10.0. The molecule has 0 rings (SSSR count). The Labute approximate surface area is 419 Å². The van der Waals surface area contributed by atoms with E-state index >= 15 is 0 Å². The van der Waals surface area contributed by atoms with Crippen LogP contribution in [0.5, 0.6) is 0 Å². The van der Waals surface area contributed by atoms with Crippen LogP contribution in [0, 0.1) is 0 Å². The van der Waals surface area contributed by atoms with Gasteiger partial charge in [0.25, 0.3) is 0 Å². The highest BCUT2D eigenvalue weighted by atomic mass is 16.6. The van der Waals surface area contributed by atoms with E-state index in [0.29, 0.717) is 19.4 Å². The fourth-order valence-corrected chi connectivity index (χ4v) is 7.16. The first-order chi connectivity index (χ1) is 33.6. The van der Waals surface area contributed by atoms with E-state index in [-0.39, 0.29) is 31.6 Å². The molecule has 0 unspecified atom stereocenters. The van der Waals surface area contributed by atoms with Crippen molar-refractivity contribution in [2.24, 2.45) is 0 Å². The summed E-state index contributed by atoms with van der Waals surface area (Å²) in [5.74, 6) is -0.566. The molecule has 0 aliphatic rings. The SMILES string of the molecule is CC/C=C\C/C=C\C/C=C\C/C=C\C/C=C\C/C=C\CCC(=O)O[C@H](COCCCCCCCCCCCCCCCCCC)COC(=O)CCC/C=C\C/C=C\C/C=C\C/C=C\C/C=C\CC. The number of unbranched alkanes of at least 4 members (excludes halogenated alkanes) is 16. The molecule has 0 aromatic carbocycles. The summed E-state index contributed by atoms with van der Waals surface area (Å²) in [5.41, 5.74) is 0. The van der Waals surface area contributed by atoms with E-state index < -0.39 is 6.10 Å². The molecule has 0 saturated carbocycles. The monoisotopic (exact) mass is 939 g/mol. The van der Waals surface area contributed by atoms with Gasteiger partial charge >= 0.3 is 11.9 Å². The summed E-state index contributed by atoms with van der Waals surface area (Å²) in [4.78, 5) is 25.4. The topological polar surface area (TPSA) is 61.8 Å². The van der Waals surface area contributed by atoms with E-state index in [2.05, 4.69) is 148 Å². The van der Waals surface area contributed by atoms with Crippen LogP contribution < -0.4 is 0 Å². The Morgan fingerprint density at radius 2 is 0.676 bits per heavy atom. The second-order valence-electron chi connectivity index (χ2n) is 17.7. The first-order valence-corrected chi connectivity index (χ1v) is 27.7. The molecule has 384 valence electrons. The molecule has 0 aromatic rings. The lowest BCUT2D eigenvalue weighted by molar-refractivity contribution is -0.162. The van der Waals surface area contributed by atoms with Gasteiger partial charge in [-0.25, -0.2) is 0 Å². The Morgan fingerprint density at radius 3 is 1.06 bits per heavy atom. The first kappa shape index (κ1) is 64.0. The van der Waals surface area contributed by atoms with Gasteiger partial charge in [0.15, 0.2) is 6.10 Å². The standard InChI is InChI=1S/C63H102O5/c1-4-7-10-13-16-19-22-25-28-31-32-34-36-39-42-45-48-51-54-57-63(65)68-61(59-66-58-55-52-49-46-43-40-37-30-27-24-21-18-15-12-9-6-3)60-67-62(64)56-53-50-47-44-41-38-35-33-29-26-23-20-17-14-11-8-5-2/h7-8,10-11,16-17,19-20,25-26,28-29,32,34-35,38-39,42,44,47-48,51,61H,4-6,9,12-15,18,21-24,27,30-31,33,36-37,40-41,43,45-46,49-50,52-60H2,1-3H3/b10-7-,11-8-,19-16-,20-17-,28-25-,29-26-,34-32-,38-35-,42-39-,47-44-,51-48-/t61-/m1/s1. The summed E-state index contributed by atoms with van der Waals surface area (Å²) in [6.45, 7) is 7.46. The molecule has 0 fully saturated rings. The van der Waals surface area contributed by atoms with Gasteiger partial charge < -0.3 is 14.2 Å². The summed E-state index contributed by atoms with van der Waals surface area (Å²) in [7, 11) is 0. The van der Waals surface area contributed by atoms with Crippen molar-refractivity contribution in [2.45, 2.75) is 232 Å². The average Bonchev–Trinajstić information content (AvgIpc) is 3.34. The highest BCUT2D eigenvalue weighted by Gasteiger charge is 2.17. The van der Waals surface area contributed by atoms with Crippen LogP contribution in [-0.2, 0) is 23.8 Å². The molecule has 0 radical (unpaired) electrons. The zero-order valence-electron chi connectivity index (χ0n) is 44.1. The minimum atomic E-state index is -0.608. The van der Waals surface area contributed by atoms with Gasteiger partial charge in [-0.2, -0.15) is 0 Å². The van der Waals surface area contributed by atoms with E-state index in [0.717, 1.165) is 96.3 Å². The summed E-state index contributed by atoms with van der Waals surface area (Å²) in [5, 5.41) is 0. The van der Waals surface area contributed by atoms with E-state index in [9.17, 15) is 9.59 Å². The zero-order chi connectivity index (χ0) is 49.2. The molecule has 0 saturated heterocycles. The number of esters is 2. The fraction of sp³-hybridized carbons (Fsp3) is 0.619. The van der Waals surface area contributed by atoms with Crippen molar-refractivity contribution in [3.05, 3.63) is 134 Å². The molecule has 0 N–H and O–H groups in total. The maximum absolute atomic E-state index is 12.8. The maximum atomic E-state index is 12.8. The predicted molar refractivity (Wildman–Crippen MR) is 297 cm³/mol. The van der Waals surface area contributed by atoms with Gasteiger partial charge in [-0.3, -0.25) is 9.59 Å². The first-order valence-electron chi connectivity index (χ1n) is 27.7. The molecule has 5 heteroatoms. The third-order valence-electron chi connectivity index (χ3n) is 11.2. The molecule has 0 spiro atoms. The number of carbonyl (C=O) groups is 2. The smallest absolute Gasteiger partial charge is 0.306 e. The lowest BCUT2D eigenvalue weighted by Gasteiger charge is -2.18. The Balaban J connectivity index is 4.50. The van der Waals surface area contributed by atoms with Gasteiger partial charge in [-0.15, -0.1) is 0 Å². The largest absolute Gasteiger partial charge is 0.462 e. The van der Waals surface area contributed by atoms with Crippen molar-refractivity contribution < 1.29 is 23.8 Å². The van der Waals surface area contributed by atoms with Gasteiger partial charge in [-0.05, 0) is 96.3 Å². The van der Waals surface area contributed by atoms with E-state index in [1.807, 2.05) is 6.08 Å². The summed E-state index contributed by atoms with van der Waals surface area (Å²) < 4.78 is 17.3. The van der Waals surface area contributed by atoms with Crippen molar-refractivity contribution in [3.8, 4) is 0 Å². The number of carbonyl (C=O) groups excluding carboxylic acids is 2. The van der Waals surface area contributed by atoms with Crippen molar-refractivity contribution in [1.82, 2.24) is 0 Å². The van der Waals surface area contributed by atoms with Gasteiger partial charge in [0.05, 0.1) is 6.61 Å². The molecule has 0 amide bonds.